The van der Waals surface area contributed by atoms with Crippen LogP contribution >= 0.6 is 24.0 Å². The number of hydrogen-bond donors (Lipinski definition) is 2. The van der Waals surface area contributed by atoms with Gasteiger partial charge in [-0.05, 0) is 63.9 Å². The Bertz CT molecular complexity index is 786. The normalized spacial score (nSPS) is 14.1. The van der Waals surface area contributed by atoms with E-state index < -0.39 is 0 Å². The second-order valence-electron chi connectivity index (χ2n) is 7.15. The highest BCUT2D eigenvalue weighted by atomic mass is 127. The Balaban J connectivity index is 0.00000280. The first kappa shape index (κ1) is 22.3. The lowest BCUT2D eigenvalue weighted by atomic mass is 10.2. The number of aliphatic imine (C=N–C) groups is 1. The van der Waals surface area contributed by atoms with E-state index >= 15 is 0 Å². The summed E-state index contributed by atoms with van der Waals surface area (Å²) in [5, 5.41) is 3.13. The zero-order valence-corrected chi connectivity index (χ0v) is 19.1. The van der Waals surface area contributed by atoms with E-state index in [0.717, 1.165) is 41.6 Å². The summed E-state index contributed by atoms with van der Waals surface area (Å²) < 4.78 is 5.65. The Kier molecular flexibility index (Phi) is 8.35. The molecule has 1 aliphatic heterocycles. The van der Waals surface area contributed by atoms with Gasteiger partial charge in [-0.1, -0.05) is 6.07 Å². The van der Waals surface area contributed by atoms with Crippen molar-refractivity contribution >= 4 is 41.4 Å². The van der Waals surface area contributed by atoms with Gasteiger partial charge in [0.2, 0.25) is 0 Å². The lowest BCUT2D eigenvalue weighted by molar-refractivity contribution is 0.242. The van der Waals surface area contributed by atoms with Crippen molar-refractivity contribution in [2.24, 2.45) is 10.7 Å². The van der Waals surface area contributed by atoms with Crippen molar-refractivity contribution in [2.75, 3.05) is 23.3 Å². The quantitative estimate of drug-likeness (QED) is 0.355. The van der Waals surface area contributed by atoms with E-state index in [1.807, 2.05) is 51.1 Å². The molecule has 2 aromatic rings. The van der Waals surface area contributed by atoms with E-state index in [9.17, 15) is 0 Å². The molecule has 0 bridgehead atoms. The molecule has 152 valence electrons. The van der Waals surface area contributed by atoms with Gasteiger partial charge in [-0.15, -0.1) is 24.0 Å². The Morgan fingerprint density at radius 3 is 2.50 bits per heavy atom. The molecular weight excluding hydrogens is 465 g/mol. The minimum absolute atomic E-state index is 0. The highest BCUT2D eigenvalue weighted by molar-refractivity contribution is 14.0. The third kappa shape index (κ3) is 6.25. The monoisotopic (exact) mass is 495 g/mol. The average Bonchev–Trinajstić information content (AvgIpc) is 3.16. The van der Waals surface area contributed by atoms with Gasteiger partial charge in [0.25, 0.3) is 0 Å². The van der Waals surface area contributed by atoms with E-state index in [-0.39, 0.29) is 30.1 Å². The number of nitrogens with two attached hydrogens (primary N) is 1. The number of nitrogens with zero attached hydrogens (tertiary/aromatic N) is 3. The van der Waals surface area contributed by atoms with Crippen molar-refractivity contribution in [2.45, 2.75) is 46.3 Å². The van der Waals surface area contributed by atoms with E-state index in [1.54, 1.807) is 0 Å². The number of rotatable bonds is 6. The van der Waals surface area contributed by atoms with Crippen molar-refractivity contribution in [1.82, 2.24) is 4.98 Å². The van der Waals surface area contributed by atoms with Crippen molar-refractivity contribution in [3.8, 4) is 5.75 Å². The van der Waals surface area contributed by atoms with Crippen LogP contribution < -0.4 is 20.7 Å². The number of ether oxygens (including phenoxy) is 1. The first-order chi connectivity index (χ1) is 13.0. The van der Waals surface area contributed by atoms with Crippen LogP contribution in [0.25, 0.3) is 0 Å². The number of nitrogens with one attached hydrogen (secondary N) is 1. The lowest BCUT2D eigenvalue weighted by Crippen LogP contribution is -2.23. The highest BCUT2D eigenvalue weighted by Gasteiger charge is 2.17. The summed E-state index contributed by atoms with van der Waals surface area (Å²) in [5.74, 6) is 2.27. The molecule has 1 fully saturated rings. The summed E-state index contributed by atoms with van der Waals surface area (Å²) in [4.78, 5) is 11.6. The number of pyridine rings is 1. The van der Waals surface area contributed by atoms with Crippen LogP contribution in [-0.4, -0.2) is 30.1 Å². The van der Waals surface area contributed by atoms with Gasteiger partial charge in [0, 0.05) is 30.0 Å². The molecule has 1 aromatic heterocycles. The van der Waals surface area contributed by atoms with Gasteiger partial charge in [-0.25, -0.2) is 9.98 Å². The van der Waals surface area contributed by atoms with E-state index in [2.05, 4.69) is 21.3 Å². The number of aromatic nitrogens is 1. The summed E-state index contributed by atoms with van der Waals surface area (Å²) in [5.41, 5.74) is 9.09. The van der Waals surface area contributed by atoms with Crippen molar-refractivity contribution in [3.05, 3.63) is 47.7 Å². The van der Waals surface area contributed by atoms with E-state index in [1.165, 1.54) is 12.8 Å². The minimum atomic E-state index is 0. The second-order valence-corrected chi connectivity index (χ2v) is 7.15. The molecule has 2 heterocycles. The fraction of sp³-hybridized carbons (Fsp3) is 0.429. The van der Waals surface area contributed by atoms with Crippen LogP contribution in [0.4, 0.5) is 11.5 Å². The summed E-state index contributed by atoms with van der Waals surface area (Å²) in [6.45, 7) is 8.67. The average molecular weight is 495 g/mol. The van der Waals surface area contributed by atoms with E-state index in [0.29, 0.717) is 12.5 Å². The van der Waals surface area contributed by atoms with Crippen molar-refractivity contribution < 1.29 is 4.74 Å². The summed E-state index contributed by atoms with van der Waals surface area (Å²) in [6, 6.07) is 11.8. The zero-order valence-electron chi connectivity index (χ0n) is 16.8. The Hall–Kier alpha value is -2.03. The van der Waals surface area contributed by atoms with Crippen LogP contribution in [-0.2, 0) is 6.54 Å². The summed E-state index contributed by atoms with van der Waals surface area (Å²) in [6.07, 6.45) is 2.60. The van der Waals surface area contributed by atoms with Crippen LogP contribution in [0.2, 0.25) is 0 Å². The molecule has 1 aromatic carbocycles. The van der Waals surface area contributed by atoms with Gasteiger partial charge in [0.05, 0.1) is 12.6 Å². The Labute approximate surface area is 184 Å². The molecular formula is C21H30IN5O. The topological polar surface area (TPSA) is 75.8 Å². The molecule has 0 radical (unpaired) electrons. The lowest BCUT2D eigenvalue weighted by Gasteiger charge is -2.20. The highest BCUT2D eigenvalue weighted by Crippen LogP contribution is 2.23. The molecule has 28 heavy (non-hydrogen) atoms. The minimum Gasteiger partial charge on any atom is -0.491 e. The van der Waals surface area contributed by atoms with Crippen LogP contribution in [0, 0.1) is 6.92 Å². The number of aryl methyl sites for hydroxylation is 1. The molecule has 0 aliphatic carbocycles. The van der Waals surface area contributed by atoms with Crippen LogP contribution in [0.5, 0.6) is 5.75 Å². The molecule has 3 rings (SSSR count). The Morgan fingerprint density at radius 1 is 1.18 bits per heavy atom. The molecule has 0 saturated carbocycles. The molecule has 0 amide bonds. The third-order valence-corrected chi connectivity index (χ3v) is 4.42. The van der Waals surface area contributed by atoms with Gasteiger partial charge in [-0.3, -0.25) is 0 Å². The number of anilines is 2. The van der Waals surface area contributed by atoms with Crippen LogP contribution in [0.3, 0.4) is 0 Å². The maximum absolute atomic E-state index is 6.08. The maximum Gasteiger partial charge on any atom is 0.193 e. The van der Waals surface area contributed by atoms with Crippen LogP contribution in [0.15, 0.2) is 41.4 Å². The maximum atomic E-state index is 6.08. The van der Waals surface area contributed by atoms with Gasteiger partial charge in [-0.2, -0.15) is 0 Å². The Morgan fingerprint density at radius 2 is 1.86 bits per heavy atom. The summed E-state index contributed by atoms with van der Waals surface area (Å²) >= 11 is 0. The fourth-order valence-electron chi connectivity index (χ4n) is 3.14. The molecule has 0 spiro atoms. The second kappa shape index (κ2) is 10.5. The molecule has 7 heteroatoms. The molecule has 6 nitrogen and oxygen atoms in total. The largest absolute Gasteiger partial charge is 0.491 e. The van der Waals surface area contributed by atoms with Gasteiger partial charge < -0.3 is 20.7 Å². The van der Waals surface area contributed by atoms with Gasteiger partial charge >= 0.3 is 0 Å². The smallest absolute Gasteiger partial charge is 0.193 e. The molecule has 3 N–H and O–H groups in total. The molecule has 0 unspecified atom stereocenters. The number of hydrogen-bond acceptors (Lipinski definition) is 4. The first-order valence-corrected chi connectivity index (χ1v) is 9.56. The van der Waals surface area contributed by atoms with Gasteiger partial charge in [0.1, 0.15) is 11.6 Å². The predicted molar refractivity (Wildman–Crippen MR) is 127 cm³/mol. The predicted octanol–water partition coefficient (Wildman–Crippen LogP) is 4.32. The molecule has 0 atom stereocenters. The van der Waals surface area contributed by atoms with Crippen LogP contribution in [0.1, 0.15) is 37.9 Å². The van der Waals surface area contributed by atoms with Gasteiger partial charge in [0.15, 0.2) is 5.96 Å². The number of guanidine groups is 1. The van der Waals surface area contributed by atoms with E-state index in [4.69, 9.17) is 15.5 Å². The summed E-state index contributed by atoms with van der Waals surface area (Å²) in [7, 11) is 0. The fourth-order valence-corrected chi connectivity index (χ4v) is 3.14. The van der Waals surface area contributed by atoms with Crippen molar-refractivity contribution in [1.29, 1.82) is 0 Å². The zero-order chi connectivity index (χ0) is 19.2. The first-order valence-electron chi connectivity index (χ1n) is 9.56. The molecule has 1 saturated heterocycles. The number of benzene rings is 1. The molecule has 1 aliphatic rings. The number of halogens is 1. The van der Waals surface area contributed by atoms with Crippen molar-refractivity contribution in [3.63, 3.8) is 0 Å². The standard InChI is InChI=1S/C21H29N5O.HI/c1-15(2)27-19-10-8-18(9-11-19)25-21(22)23-14-17-7-6-16(3)24-20(17)26-12-4-5-13-26;/h6-11,15H,4-5,12-14H2,1-3H3,(H3,22,23,25);1H. The third-order valence-electron chi connectivity index (χ3n) is 4.42. The SMILES string of the molecule is Cc1ccc(CN=C(N)Nc2ccc(OC(C)C)cc2)c(N2CCCC2)n1.I.